The third-order valence-corrected chi connectivity index (χ3v) is 5.21. The highest BCUT2D eigenvalue weighted by molar-refractivity contribution is 7.99. The van der Waals surface area contributed by atoms with Gasteiger partial charge in [0.25, 0.3) is 0 Å². The molecule has 1 N–H and O–H groups in total. The summed E-state index contributed by atoms with van der Waals surface area (Å²) in [5.74, 6) is 0.537. The van der Waals surface area contributed by atoms with E-state index in [2.05, 4.69) is 44.4 Å². The van der Waals surface area contributed by atoms with Gasteiger partial charge in [-0.2, -0.15) is 0 Å². The molecule has 0 aliphatic heterocycles. The van der Waals surface area contributed by atoms with E-state index in [9.17, 15) is 5.11 Å². The van der Waals surface area contributed by atoms with Crippen LogP contribution in [0.4, 0.5) is 0 Å². The van der Waals surface area contributed by atoms with Crippen molar-refractivity contribution in [1.82, 2.24) is 24.8 Å². The number of hydrogen-bond acceptors (Lipinski definition) is 5. The fraction of sp³-hybridized carbons (Fsp3) is 0.235. The first-order chi connectivity index (χ1) is 11.7. The van der Waals surface area contributed by atoms with Crippen molar-refractivity contribution >= 4 is 33.6 Å². The molecule has 4 rings (SSSR count). The lowest BCUT2D eigenvalue weighted by molar-refractivity contribution is 0.181. The smallest absolute Gasteiger partial charge is 0.209 e. The molecule has 0 bridgehead atoms. The van der Waals surface area contributed by atoms with Gasteiger partial charge >= 0.3 is 0 Å². The summed E-state index contributed by atoms with van der Waals surface area (Å²) in [7, 11) is 1.79. The van der Waals surface area contributed by atoms with Crippen molar-refractivity contribution in [2.45, 2.75) is 17.8 Å². The molecule has 0 saturated carbocycles. The molecule has 24 heavy (non-hydrogen) atoms. The molecule has 122 valence electrons. The molecule has 0 aliphatic rings. The summed E-state index contributed by atoms with van der Waals surface area (Å²) in [4.78, 5) is 0. The zero-order chi connectivity index (χ0) is 16.5. The van der Waals surface area contributed by atoms with Crippen molar-refractivity contribution in [3.05, 3.63) is 48.5 Å². The van der Waals surface area contributed by atoms with Gasteiger partial charge in [0, 0.05) is 34.6 Å². The van der Waals surface area contributed by atoms with E-state index >= 15 is 0 Å². The second-order valence-corrected chi connectivity index (χ2v) is 6.68. The summed E-state index contributed by atoms with van der Waals surface area (Å²) < 4.78 is 3.79. The number of para-hydroxylation sites is 2. The molecule has 4 aromatic rings. The van der Waals surface area contributed by atoms with Crippen LogP contribution in [0.1, 0.15) is 0 Å². The van der Waals surface area contributed by atoms with Gasteiger partial charge in [0.1, 0.15) is 0 Å². The Kier molecular flexibility index (Phi) is 3.95. The standard InChI is InChI=1S/C17H17N5OS/c1-21-17(18-19-20-21)24-11-12(23)10-22-15-8-4-2-6-13(15)14-7-3-5-9-16(14)22/h2-9,12,23H,10-11H2,1H3. The molecule has 0 fully saturated rings. The molecule has 0 radical (unpaired) electrons. The second-order valence-electron chi connectivity index (χ2n) is 5.69. The zero-order valence-corrected chi connectivity index (χ0v) is 14.0. The number of fused-ring (bicyclic) bond motifs is 3. The lowest BCUT2D eigenvalue weighted by Gasteiger charge is -2.13. The summed E-state index contributed by atoms with van der Waals surface area (Å²) in [5, 5.41) is 25.0. The Balaban J connectivity index is 1.62. The topological polar surface area (TPSA) is 68.8 Å². The van der Waals surface area contributed by atoms with Crippen LogP contribution in [0.2, 0.25) is 0 Å². The van der Waals surface area contributed by atoms with Gasteiger partial charge in [-0.3, -0.25) is 0 Å². The Morgan fingerprint density at radius 2 is 1.67 bits per heavy atom. The first-order valence-corrected chi connectivity index (χ1v) is 8.72. The normalized spacial score (nSPS) is 12.9. The maximum atomic E-state index is 10.5. The van der Waals surface area contributed by atoms with Crippen LogP contribution in [0.3, 0.4) is 0 Å². The Morgan fingerprint density at radius 3 is 2.25 bits per heavy atom. The highest BCUT2D eigenvalue weighted by atomic mass is 32.2. The third kappa shape index (κ3) is 2.65. The van der Waals surface area contributed by atoms with Gasteiger partial charge in [-0.05, 0) is 22.6 Å². The lowest BCUT2D eigenvalue weighted by atomic mass is 10.2. The van der Waals surface area contributed by atoms with E-state index in [-0.39, 0.29) is 0 Å². The minimum absolute atomic E-state index is 0.495. The van der Waals surface area contributed by atoms with Crippen LogP contribution in [0.25, 0.3) is 21.8 Å². The van der Waals surface area contributed by atoms with Crippen molar-refractivity contribution in [1.29, 1.82) is 0 Å². The largest absolute Gasteiger partial charge is 0.390 e. The van der Waals surface area contributed by atoms with Crippen molar-refractivity contribution < 1.29 is 5.11 Å². The number of aliphatic hydroxyl groups excluding tert-OH is 1. The predicted molar refractivity (Wildman–Crippen MR) is 95.0 cm³/mol. The molecule has 7 heteroatoms. The van der Waals surface area contributed by atoms with Gasteiger partial charge in [0.05, 0.1) is 12.6 Å². The third-order valence-electron chi connectivity index (χ3n) is 4.06. The quantitative estimate of drug-likeness (QED) is 0.566. The fourth-order valence-electron chi connectivity index (χ4n) is 2.98. The number of benzene rings is 2. The maximum Gasteiger partial charge on any atom is 0.209 e. The number of aromatic nitrogens is 5. The zero-order valence-electron chi connectivity index (χ0n) is 13.2. The molecule has 2 aromatic heterocycles. The minimum atomic E-state index is -0.495. The number of aliphatic hydroxyl groups is 1. The van der Waals surface area contributed by atoms with Crippen molar-refractivity contribution in [2.75, 3.05) is 5.75 Å². The van der Waals surface area contributed by atoms with Gasteiger partial charge < -0.3 is 9.67 Å². The molecular weight excluding hydrogens is 322 g/mol. The average molecular weight is 339 g/mol. The van der Waals surface area contributed by atoms with Crippen LogP contribution < -0.4 is 0 Å². The van der Waals surface area contributed by atoms with Crippen LogP contribution in [-0.2, 0) is 13.6 Å². The van der Waals surface area contributed by atoms with Crippen molar-refractivity contribution in [3.8, 4) is 0 Å². The van der Waals surface area contributed by atoms with E-state index in [0.29, 0.717) is 17.5 Å². The molecular formula is C17H17N5OS. The SMILES string of the molecule is Cn1nnnc1SCC(O)Cn1c2ccccc2c2ccccc21. The number of tetrazole rings is 1. The monoisotopic (exact) mass is 339 g/mol. The summed E-state index contributed by atoms with van der Waals surface area (Å²) in [6.07, 6.45) is -0.495. The highest BCUT2D eigenvalue weighted by Crippen LogP contribution is 2.29. The molecule has 2 aromatic carbocycles. The van der Waals surface area contributed by atoms with E-state index in [4.69, 9.17) is 0 Å². The molecule has 0 saturated heterocycles. The van der Waals surface area contributed by atoms with Gasteiger partial charge in [-0.15, -0.1) is 5.10 Å². The number of thioether (sulfide) groups is 1. The van der Waals surface area contributed by atoms with E-state index in [1.807, 2.05) is 24.3 Å². The van der Waals surface area contributed by atoms with E-state index < -0.39 is 6.10 Å². The Bertz CT molecular complexity index is 940. The summed E-state index contributed by atoms with van der Waals surface area (Å²) in [5.41, 5.74) is 2.28. The molecule has 1 unspecified atom stereocenters. The molecule has 0 spiro atoms. The summed E-state index contributed by atoms with van der Waals surface area (Å²) >= 11 is 1.46. The number of rotatable bonds is 5. The summed E-state index contributed by atoms with van der Waals surface area (Å²) in [6.45, 7) is 0.534. The Labute approximate surface area is 143 Å². The molecule has 1 atom stereocenters. The Hall–Kier alpha value is -2.38. The number of nitrogens with zero attached hydrogens (tertiary/aromatic N) is 5. The van der Waals surface area contributed by atoms with E-state index in [1.165, 1.54) is 22.5 Å². The van der Waals surface area contributed by atoms with Crippen LogP contribution in [-0.4, -0.2) is 41.7 Å². The molecule has 2 heterocycles. The van der Waals surface area contributed by atoms with Crippen molar-refractivity contribution in [2.24, 2.45) is 7.05 Å². The second kappa shape index (κ2) is 6.26. The van der Waals surface area contributed by atoms with Gasteiger partial charge in [0.2, 0.25) is 5.16 Å². The van der Waals surface area contributed by atoms with Crippen LogP contribution in [0.5, 0.6) is 0 Å². The number of aryl methyl sites for hydroxylation is 1. The van der Waals surface area contributed by atoms with Crippen LogP contribution in [0, 0.1) is 0 Å². The van der Waals surface area contributed by atoms with Gasteiger partial charge in [-0.1, -0.05) is 48.2 Å². The first-order valence-electron chi connectivity index (χ1n) is 7.73. The van der Waals surface area contributed by atoms with E-state index in [1.54, 1.807) is 11.7 Å². The highest BCUT2D eigenvalue weighted by Gasteiger charge is 2.14. The molecule has 0 aliphatic carbocycles. The molecule has 0 amide bonds. The average Bonchev–Trinajstić information content (AvgIpc) is 3.16. The molecule has 6 nitrogen and oxygen atoms in total. The van der Waals surface area contributed by atoms with Gasteiger partial charge in [-0.25, -0.2) is 4.68 Å². The van der Waals surface area contributed by atoms with Crippen molar-refractivity contribution in [3.63, 3.8) is 0 Å². The van der Waals surface area contributed by atoms with Crippen LogP contribution >= 0.6 is 11.8 Å². The summed E-state index contributed by atoms with van der Waals surface area (Å²) in [6, 6.07) is 16.6. The van der Waals surface area contributed by atoms with Gasteiger partial charge in [0.15, 0.2) is 0 Å². The lowest BCUT2D eigenvalue weighted by Crippen LogP contribution is -2.18. The van der Waals surface area contributed by atoms with E-state index in [0.717, 1.165) is 11.0 Å². The Morgan fingerprint density at radius 1 is 1.04 bits per heavy atom. The minimum Gasteiger partial charge on any atom is -0.390 e. The maximum absolute atomic E-state index is 10.5. The number of hydrogen-bond donors (Lipinski definition) is 1. The first kappa shape index (κ1) is 15.2. The fourth-order valence-corrected chi connectivity index (χ4v) is 3.74. The predicted octanol–water partition coefficient (Wildman–Crippen LogP) is 2.47. The van der Waals surface area contributed by atoms with Crippen LogP contribution in [0.15, 0.2) is 53.7 Å².